The summed E-state index contributed by atoms with van der Waals surface area (Å²) in [6, 6.07) is 0. The molecule has 3 rings (SSSR count). The van der Waals surface area contributed by atoms with Gasteiger partial charge in [-0.3, -0.25) is 0 Å². The van der Waals surface area contributed by atoms with Crippen molar-refractivity contribution < 1.29 is 21.6 Å². The van der Waals surface area contributed by atoms with Crippen molar-refractivity contribution >= 4 is 10.0 Å². The maximum atomic E-state index is 12.6. The van der Waals surface area contributed by atoms with Gasteiger partial charge in [-0.2, -0.15) is 13.2 Å². The van der Waals surface area contributed by atoms with Crippen LogP contribution < -0.4 is 4.72 Å². The van der Waals surface area contributed by atoms with Crippen LogP contribution >= 0.6 is 0 Å². The molecule has 1 fully saturated rings. The number of fused-ring (bicyclic) bond motifs is 1. The number of hydrogen-bond donors (Lipinski definition) is 1. The first kappa shape index (κ1) is 14.8. The lowest BCUT2D eigenvalue weighted by molar-refractivity contribution is -0.141. The molecule has 0 radical (unpaired) electrons. The van der Waals surface area contributed by atoms with Gasteiger partial charge in [-0.1, -0.05) is 0 Å². The van der Waals surface area contributed by atoms with Crippen LogP contribution in [0, 0.1) is 5.92 Å². The topological polar surface area (TPSA) is 64.0 Å². The lowest BCUT2D eigenvalue weighted by atomic mass is 10.00. The molecule has 0 unspecified atom stereocenters. The van der Waals surface area contributed by atoms with Crippen LogP contribution in [0.2, 0.25) is 0 Å². The monoisotopic (exact) mass is 323 g/mol. The average Bonchev–Trinajstić information content (AvgIpc) is 3.15. The summed E-state index contributed by atoms with van der Waals surface area (Å²) in [6.07, 6.45) is -0.959. The van der Waals surface area contributed by atoms with E-state index in [1.54, 1.807) is 0 Å². The molecule has 5 nitrogen and oxygen atoms in total. The molecule has 0 amide bonds. The fraction of sp³-hybridized carbons (Fsp3) is 0.750. The first-order valence-corrected chi connectivity index (χ1v) is 8.42. The second kappa shape index (κ2) is 4.98. The number of sulfonamides is 1. The van der Waals surface area contributed by atoms with Crippen molar-refractivity contribution in [3.63, 3.8) is 0 Å². The molecule has 1 aliphatic carbocycles. The quantitative estimate of drug-likeness (QED) is 0.914. The number of alkyl halides is 3. The number of aryl methyl sites for hydroxylation is 1. The van der Waals surface area contributed by atoms with Crippen LogP contribution in [-0.4, -0.2) is 29.8 Å². The zero-order valence-electron chi connectivity index (χ0n) is 11.2. The van der Waals surface area contributed by atoms with Crippen molar-refractivity contribution in [2.75, 3.05) is 6.54 Å². The number of imidazole rings is 1. The molecule has 0 saturated heterocycles. The Labute approximate surface area is 120 Å². The van der Waals surface area contributed by atoms with Gasteiger partial charge in [0, 0.05) is 25.7 Å². The standard InChI is InChI=1S/C12H16F3N3O2S/c13-12(14,15)10-7-18-6-8(1-4-11(18)17-10)5-16-21(19,20)9-2-3-9/h7-9,16H,1-6H2/t8-/m0/s1. The Hall–Kier alpha value is -1.09. The van der Waals surface area contributed by atoms with E-state index >= 15 is 0 Å². The largest absolute Gasteiger partial charge is 0.434 e. The van der Waals surface area contributed by atoms with Crippen LogP contribution in [-0.2, 0) is 29.2 Å². The van der Waals surface area contributed by atoms with E-state index in [1.807, 2.05) is 0 Å². The SMILES string of the molecule is O=S(=O)(NC[C@@H]1CCc2nc(C(F)(F)F)cn2C1)C1CC1. The van der Waals surface area contributed by atoms with E-state index < -0.39 is 21.9 Å². The van der Waals surface area contributed by atoms with Crippen molar-refractivity contribution in [2.24, 2.45) is 5.92 Å². The second-order valence-electron chi connectivity index (χ2n) is 5.69. The molecule has 0 spiro atoms. The summed E-state index contributed by atoms with van der Waals surface area (Å²) in [6.45, 7) is 0.642. The van der Waals surface area contributed by atoms with Gasteiger partial charge in [0.1, 0.15) is 5.82 Å². The number of halogens is 3. The van der Waals surface area contributed by atoms with Gasteiger partial charge in [-0.15, -0.1) is 0 Å². The molecule has 9 heteroatoms. The lowest BCUT2D eigenvalue weighted by Gasteiger charge is -2.23. The maximum Gasteiger partial charge on any atom is 0.434 e. The first-order chi connectivity index (χ1) is 9.75. The number of nitrogens with one attached hydrogen (secondary N) is 1. The van der Waals surface area contributed by atoms with Crippen LogP contribution in [0.25, 0.3) is 0 Å². The number of nitrogens with zero attached hydrogens (tertiary/aromatic N) is 2. The minimum absolute atomic E-state index is 0.00121. The third-order valence-corrected chi connectivity index (χ3v) is 5.84. The van der Waals surface area contributed by atoms with E-state index in [9.17, 15) is 21.6 Å². The van der Waals surface area contributed by atoms with Crippen molar-refractivity contribution in [2.45, 2.75) is 43.7 Å². The van der Waals surface area contributed by atoms with Gasteiger partial charge in [-0.05, 0) is 25.2 Å². The Balaban J connectivity index is 1.63. The molecule has 0 bridgehead atoms. The highest BCUT2D eigenvalue weighted by atomic mass is 32.2. The minimum atomic E-state index is -4.44. The zero-order valence-corrected chi connectivity index (χ0v) is 12.0. The van der Waals surface area contributed by atoms with Crippen LogP contribution in [0.3, 0.4) is 0 Å². The average molecular weight is 323 g/mol. The minimum Gasteiger partial charge on any atom is -0.334 e. The van der Waals surface area contributed by atoms with Crippen LogP contribution in [0.15, 0.2) is 6.20 Å². The molecule has 1 aromatic heterocycles. The lowest BCUT2D eigenvalue weighted by Crippen LogP contribution is -2.35. The Kier molecular flexibility index (Phi) is 3.52. The number of rotatable bonds is 4. The van der Waals surface area contributed by atoms with E-state index in [0.717, 1.165) is 6.20 Å². The van der Waals surface area contributed by atoms with Gasteiger partial charge in [0.15, 0.2) is 5.69 Å². The molecular weight excluding hydrogens is 307 g/mol. The molecule has 1 saturated carbocycles. The second-order valence-corrected chi connectivity index (χ2v) is 7.74. The molecule has 1 aliphatic heterocycles. The molecule has 21 heavy (non-hydrogen) atoms. The van der Waals surface area contributed by atoms with E-state index in [1.165, 1.54) is 4.57 Å². The van der Waals surface area contributed by atoms with Crippen molar-refractivity contribution in [1.82, 2.24) is 14.3 Å². The smallest absolute Gasteiger partial charge is 0.334 e. The van der Waals surface area contributed by atoms with Gasteiger partial charge in [0.25, 0.3) is 0 Å². The molecule has 2 aliphatic rings. The Morgan fingerprint density at radius 3 is 2.67 bits per heavy atom. The fourth-order valence-electron chi connectivity index (χ4n) is 2.55. The summed E-state index contributed by atoms with van der Waals surface area (Å²) in [5.41, 5.74) is -0.878. The molecule has 118 valence electrons. The summed E-state index contributed by atoms with van der Waals surface area (Å²) >= 11 is 0. The van der Waals surface area contributed by atoms with Crippen molar-refractivity contribution in [3.8, 4) is 0 Å². The Morgan fingerprint density at radius 2 is 2.05 bits per heavy atom. The molecule has 0 aromatic carbocycles. The fourth-order valence-corrected chi connectivity index (χ4v) is 4.01. The number of hydrogen-bond acceptors (Lipinski definition) is 3. The molecule has 1 atom stereocenters. The normalized spacial score (nSPS) is 23.1. The van der Waals surface area contributed by atoms with Crippen molar-refractivity contribution in [1.29, 1.82) is 0 Å². The molecular formula is C12H16F3N3O2S. The predicted octanol–water partition coefficient (Wildman–Crippen LogP) is 1.55. The Morgan fingerprint density at radius 1 is 1.33 bits per heavy atom. The van der Waals surface area contributed by atoms with Crippen LogP contribution in [0.4, 0.5) is 13.2 Å². The van der Waals surface area contributed by atoms with Gasteiger partial charge < -0.3 is 4.57 Å². The molecule has 1 aromatic rings. The third kappa shape index (κ3) is 3.23. The third-order valence-electron chi connectivity index (χ3n) is 3.92. The van der Waals surface area contributed by atoms with Gasteiger partial charge in [-0.25, -0.2) is 18.1 Å². The highest BCUT2D eigenvalue weighted by Gasteiger charge is 2.37. The van der Waals surface area contributed by atoms with E-state index in [4.69, 9.17) is 0 Å². The predicted molar refractivity (Wildman–Crippen MR) is 69.0 cm³/mol. The van der Waals surface area contributed by atoms with E-state index in [0.29, 0.717) is 38.1 Å². The molecule has 2 heterocycles. The van der Waals surface area contributed by atoms with Gasteiger partial charge in [0.2, 0.25) is 10.0 Å². The first-order valence-electron chi connectivity index (χ1n) is 6.87. The zero-order chi connectivity index (χ0) is 15.3. The highest BCUT2D eigenvalue weighted by molar-refractivity contribution is 7.90. The summed E-state index contributed by atoms with van der Waals surface area (Å²) in [5.74, 6) is 0.421. The highest BCUT2D eigenvalue weighted by Crippen LogP contribution is 2.31. The van der Waals surface area contributed by atoms with E-state index in [-0.39, 0.29) is 17.7 Å². The summed E-state index contributed by atoms with van der Waals surface area (Å²) in [7, 11) is -3.24. The van der Waals surface area contributed by atoms with Crippen molar-refractivity contribution in [3.05, 3.63) is 17.7 Å². The summed E-state index contributed by atoms with van der Waals surface area (Å²) < 4.78 is 65.4. The number of aromatic nitrogens is 2. The molecule has 1 N–H and O–H groups in total. The summed E-state index contributed by atoms with van der Waals surface area (Å²) in [4.78, 5) is 3.60. The van der Waals surface area contributed by atoms with E-state index in [2.05, 4.69) is 9.71 Å². The van der Waals surface area contributed by atoms with Gasteiger partial charge in [0.05, 0.1) is 5.25 Å². The van der Waals surface area contributed by atoms with Gasteiger partial charge >= 0.3 is 6.18 Å². The maximum absolute atomic E-state index is 12.6. The summed E-state index contributed by atoms with van der Waals surface area (Å²) in [5, 5.41) is -0.276. The van der Waals surface area contributed by atoms with Crippen LogP contribution in [0.5, 0.6) is 0 Å². The Bertz CT molecular complexity index is 635. The van der Waals surface area contributed by atoms with Crippen LogP contribution in [0.1, 0.15) is 30.8 Å².